The number of rotatable bonds is 10. The Kier molecular flexibility index (Phi) is 9.24. The quantitative estimate of drug-likeness (QED) is 0.603. The molecule has 0 rings (SSSR count). The van der Waals surface area contributed by atoms with Crippen LogP contribution in [0.1, 0.15) is 39.5 Å². The predicted octanol–water partition coefficient (Wildman–Crippen LogP) is 1.89. The number of aliphatic carboxylic acids is 1. The minimum absolute atomic E-state index is 0.278. The lowest BCUT2D eigenvalue weighted by atomic mass is 10.0. The topological polar surface area (TPSA) is 58.6 Å². The zero-order valence-corrected chi connectivity index (χ0v) is 10.7. The highest BCUT2D eigenvalue weighted by molar-refractivity contribution is 5.66. The Bertz CT molecular complexity index is 185. The third-order valence-electron chi connectivity index (χ3n) is 2.74. The van der Waals surface area contributed by atoms with Crippen molar-refractivity contribution in [2.75, 3.05) is 20.3 Å². The summed E-state index contributed by atoms with van der Waals surface area (Å²) in [4.78, 5) is 10.4. The van der Waals surface area contributed by atoms with Crippen LogP contribution in [0.3, 0.4) is 0 Å². The second kappa shape index (κ2) is 9.60. The summed E-state index contributed by atoms with van der Waals surface area (Å²) < 4.78 is 5.00. The average molecular weight is 231 g/mol. The number of carbonyl (C=O) groups is 1. The Morgan fingerprint density at radius 2 is 2.00 bits per heavy atom. The van der Waals surface area contributed by atoms with E-state index in [9.17, 15) is 4.79 Å². The molecule has 2 atom stereocenters. The van der Waals surface area contributed by atoms with Gasteiger partial charge in [0, 0.05) is 26.2 Å². The van der Waals surface area contributed by atoms with Crippen LogP contribution in [0, 0.1) is 5.92 Å². The van der Waals surface area contributed by atoms with Crippen LogP contribution in [0.5, 0.6) is 0 Å². The molecule has 4 heteroatoms. The molecule has 0 radical (unpaired) electrons. The lowest BCUT2D eigenvalue weighted by Crippen LogP contribution is -2.29. The van der Waals surface area contributed by atoms with E-state index in [1.807, 2.05) is 0 Å². The van der Waals surface area contributed by atoms with Crippen LogP contribution in [-0.2, 0) is 9.53 Å². The van der Waals surface area contributed by atoms with Gasteiger partial charge in [-0.2, -0.15) is 0 Å². The van der Waals surface area contributed by atoms with Crippen molar-refractivity contribution in [1.82, 2.24) is 5.32 Å². The zero-order valence-electron chi connectivity index (χ0n) is 10.7. The van der Waals surface area contributed by atoms with E-state index in [0.29, 0.717) is 12.0 Å². The summed E-state index contributed by atoms with van der Waals surface area (Å²) in [6, 6.07) is 0.464. The van der Waals surface area contributed by atoms with Gasteiger partial charge in [0.15, 0.2) is 0 Å². The van der Waals surface area contributed by atoms with Crippen molar-refractivity contribution >= 4 is 5.97 Å². The minimum Gasteiger partial charge on any atom is -0.481 e. The van der Waals surface area contributed by atoms with E-state index in [4.69, 9.17) is 9.84 Å². The molecule has 2 N–H and O–H groups in total. The SMILES string of the molecule is COCCC(C)NCCC(C)CCC(=O)O. The summed E-state index contributed by atoms with van der Waals surface area (Å²) in [5, 5.41) is 12.0. The number of carboxylic acids is 1. The summed E-state index contributed by atoms with van der Waals surface area (Å²) >= 11 is 0. The van der Waals surface area contributed by atoms with Crippen molar-refractivity contribution in [1.29, 1.82) is 0 Å². The molecule has 0 aliphatic rings. The van der Waals surface area contributed by atoms with Crippen LogP contribution in [0.2, 0.25) is 0 Å². The van der Waals surface area contributed by atoms with Crippen molar-refractivity contribution in [2.24, 2.45) is 5.92 Å². The molecule has 4 nitrogen and oxygen atoms in total. The largest absolute Gasteiger partial charge is 0.481 e. The van der Waals surface area contributed by atoms with Crippen LogP contribution in [0.4, 0.5) is 0 Å². The van der Waals surface area contributed by atoms with Crippen molar-refractivity contribution in [3.63, 3.8) is 0 Å². The summed E-state index contributed by atoms with van der Waals surface area (Å²) in [7, 11) is 1.71. The molecule has 96 valence electrons. The second-order valence-corrected chi connectivity index (χ2v) is 4.46. The van der Waals surface area contributed by atoms with Gasteiger partial charge in [-0.15, -0.1) is 0 Å². The first-order chi connectivity index (χ1) is 7.56. The fourth-order valence-corrected chi connectivity index (χ4v) is 1.49. The van der Waals surface area contributed by atoms with E-state index < -0.39 is 5.97 Å². The molecule has 0 aromatic carbocycles. The first kappa shape index (κ1) is 15.4. The normalized spacial score (nSPS) is 14.7. The van der Waals surface area contributed by atoms with Gasteiger partial charge in [0.05, 0.1) is 0 Å². The highest BCUT2D eigenvalue weighted by atomic mass is 16.5. The lowest BCUT2D eigenvalue weighted by molar-refractivity contribution is -0.137. The van der Waals surface area contributed by atoms with Gasteiger partial charge in [0.25, 0.3) is 0 Å². The van der Waals surface area contributed by atoms with Crippen LogP contribution < -0.4 is 5.32 Å². The molecule has 0 aromatic rings. The summed E-state index contributed by atoms with van der Waals surface area (Å²) in [5.41, 5.74) is 0. The molecule has 0 fully saturated rings. The van der Waals surface area contributed by atoms with Crippen molar-refractivity contribution in [3.05, 3.63) is 0 Å². The smallest absolute Gasteiger partial charge is 0.303 e. The van der Waals surface area contributed by atoms with E-state index in [1.54, 1.807) is 7.11 Å². The predicted molar refractivity (Wildman–Crippen MR) is 64.6 cm³/mol. The van der Waals surface area contributed by atoms with Gasteiger partial charge in [-0.3, -0.25) is 4.79 Å². The minimum atomic E-state index is -0.701. The molecule has 16 heavy (non-hydrogen) atoms. The van der Waals surface area contributed by atoms with Gasteiger partial charge in [0.1, 0.15) is 0 Å². The fourth-order valence-electron chi connectivity index (χ4n) is 1.49. The Labute approximate surface area is 98.4 Å². The van der Waals surface area contributed by atoms with Crippen molar-refractivity contribution < 1.29 is 14.6 Å². The molecule has 2 unspecified atom stereocenters. The van der Waals surface area contributed by atoms with E-state index in [1.165, 1.54) is 0 Å². The standard InChI is InChI=1S/C12H25NO3/c1-10(4-5-12(14)15)6-8-13-11(2)7-9-16-3/h10-11,13H,4-9H2,1-3H3,(H,14,15). The van der Waals surface area contributed by atoms with E-state index >= 15 is 0 Å². The molecule has 0 heterocycles. The Hall–Kier alpha value is -0.610. The first-order valence-electron chi connectivity index (χ1n) is 6.00. The number of nitrogens with one attached hydrogen (secondary N) is 1. The van der Waals surface area contributed by atoms with Crippen LogP contribution in [-0.4, -0.2) is 37.4 Å². The Morgan fingerprint density at radius 1 is 1.31 bits per heavy atom. The van der Waals surface area contributed by atoms with Gasteiger partial charge in [-0.05, 0) is 38.6 Å². The lowest BCUT2D eigenvalue weighted by Gasteiger charge is -2.15. The maximum Gasteiger partial charge on any atom is 0.303 e. The summed E-state index contributed by atoms with van der Waals surface area (Å²) in [6.07, 6.45) is 3.09. The molecule has 0 aromatic heterocycles. The number of carboxylic acid groups (broad SMARTS) is 1. The number of hydrogen-bond acceptors (Lipinski definition) is 3. The maximum atomic E-state index is 10.4. The third kappa shape index (κ3) is 9.93. The number of hydrogen-bond donors (Lipinski definition) is 2. The van der Waals surface area contributed by atoms with E-state index in [-0.39, 0.29) is 6.42 Å². The second-order valence-electron chi connectivity index (χ2n) is 4.46. The summed E-state index contributed by atoms with van der Waals surface area (Å²) in [5.74, 6) is -0.230. The van der Waals surface area contributed by atoms with Gasteiger partial charge in [0.2, 0.25) is 0 Å². The zero-order chi connectivity index (χ0) is 12.4. The fraction of sp³-hybridized carbons (Fsp3) is 0.917. The summed E-state index contributed by atoms with van der Waals surface area (Å²) in [6.45, 7) is 5.97. The molecule has 0 aliphatic carbocycles. The van der Waals surface area contributed by atoms with Gasteiger partial charge >= 0.3 is 5.97 Å². The van der Waals surface area contributed by atoms with E-state index in [0.717, 1.165) is 32.4 Å². The highest BCUT2D eigenvalue weighted by Gasteiger charge is 2.06. The van der Waals surface area contributed by atoms with Gasteiger partial charge in [-0.1, -0.05) is 6.92 Å². The maximum absolute atomic E-state index is 10.4. The highest BCUT2D eigenvalue weighted by Crippen LogP contribution is 2.09. The molecule has 0 amide bonds. The third-order valence-corrected chi connectivity index (χ3v) is 2.74. The van der Waals surface area contributed by atoms with Crippen molar-refractivity contribution in [2.45, 2.75) is 45.6 Å². The molecular formula is C12H25NO3. The van der Waals surface area contributed by atoms with Gasteiger partial charge < -0.3 is 15.2 Å². The first-order valence-corrected chi connectivity index (χ1v) is 6.00. The molecule has 0 bridgehead atoms. The molecule has 0 aliphatic heterocycles. The monoisotopic (exact) mass is 231 g/mol. The van der Waals surface area contributed by atoms with Crippen LogP contribution >= 0.6 is 0 Å². The number of methoxy groups -OCH3 is 1. The molecule has 0 spiro atoms. The van der Waals surface area contributed by atoms with Crippen LogP contribution in [0.15, 0.2) is 0 Å². The number of ether oxygens (including phenoxy) is 1. The molecule has 0 saturated heterocycles. The molecular weight excluding hydrogens is 206 g/mol. The van der Waals surface area contributed by atoms with Crippen LogP contribution in [0.25, 0.3) is 0 Å². The molecule has 0 saturated carbocycles. The van der Waals surface area contributed by atoms with Crippen molar-refractivity contribution in [3.8, 4) is 0 Å². The van der Waals surface area contributed by atoms with E-state index in [2.05, 4.69) is 19.2 Å². The Morgan fingerprint density at radius 3 is 2.56 bits per heavy atom. The Balaban J connectivity index is 3.38. The average Bonchev–Trinajstić information content (AvgIpc) is 2.23. The van der Waals surface area contributed by atoms with Gasteiger partial charge in [-0.25, -0.2) is 0 Å².